The van der Waals surface area contributed by atoms with Crippen LogP contribution in [0.15, 0.2) is 24.3 Å². The van der Waals surface area contributed by atoms with Crippen LogP contribution in [0.3, 0.4) is 0 Å². The predicted octanol–water partition coefficient (Wildman–Crippen LogP) is 0.246. The van der Waals surface area contributed by atoms with E-state index in [0.717, 1.165) is 5.56 Å². The molecule has 1 fully saturated rings. The summed E-state index contributed by atoms with van der Waals surface area (Å²) in [5.41, 5.74) is 7.07. The van der Waals surface area contributed by atoms with Crippen LogP contribution in [0, 0.1) is 0 Å². The Kier molecular flexibility index (Phi) is 4.65. The molecule has 1 aliphatic rings. The molecule has 0 bridgehead atoms. The van der Waals surface area contributed by atoms with Crippen LogP contribution in [0.5, 0.6) is 0 Å². The molecule has 1 aliphatic heterocycles. The molecule has 0 spiro atoms. The van der Waals surface area contributed by atoms with E-state index in [9.17, 15) is 4.79 Å². The lowest BCUT2D eigenvalue weighted by molar-refractivity contribution is -0.123. The molecule has 0 radical (unpaired) electrons. The average molecular weight is 316 g/mol. The second-order valence-electron chi connectivity index (χ2n) is 5.38. The van der Waals surface area contributed by atoms with Crippen LogP contribution in [-0.4, -0.2) is 46.4 Å². The fraction of sp³-hybridized carbons (Fsp3) is 0.400. The average Bonchev–Trinajstić information content (AvgIpc) is 3.05. The molecule has 23 heavy (non-hydrogen) atoms. The van der Waals surface area contributed by atoms with E-state index in [1.807, 2.05) is 31.2 Å². The van der Waals surface area contributed by atoms with Gasteiger partial charge in [0.05, 0.1) is 19.3 Å². The van der Waals surface area contributed by atoms with Crippen LogP contribution in [0.1, 0.15) is 12.7 Å². The van der Waals surface area contributed by atoms with Gasteiger partial charge < -0.3 is 21.1 Å². The minimum atomic E-state index is -0.344. The lowest BCUT2D eigenvalue weighted by atomic mass is 10.1. The number of hydrogen-bond donors (Lipinski definition) is 4. The number of carbonyl (C=O) groups is 1. The molecule has 5 N–H and O–H groups in total. The van der Waals surface area contributed by atoms with E-state index in [-0.39, 0.29) is 18.1 Å². The number of nitrogens with two attached hydrogens (primary N) is 1. The first-order valence-corrected chi connectivity index (χ1v) is 7.55. The molecule has 1 aromatic carbocycles. The predicted molar refractivity (Wildman–Crippen MR) is 85.5 cm³/mol. The number of carbonyl (C=O) groups excluding carboxylic acids is 1. The number of benzene rings is 1. The third kappa shape index (κ3) is 3.55. The Morgan fingerprint density at radius 3 is 2.87 bits per heavy atom. The van der Waals surface area contributed by atoms with Crippen molar-refractivity contribution in [1.29, 1.82) is 0 Å². The van der Waals surface area contributed by atoms with Crippen LogP contribution in [0.4, 0.5) is 5.69 Å². The van der Waals surface area contributed by atoms with Gasteiger partial charge in [-0.1, -0.05) is 0 Å². The number of anilines is 1. The number of nitrogens with zero attached hydrogens (tertiary/aromatic N) is 2. The zero-order chi connectivity index (χ0) is 16.2. The minimum absolute atomic E-state index is 0.103. The number of aromatic amines is 1. The zero-order valence-corrected chi connectivity index (χ0v) is 12.9. The molecule has 2 atom stereocenters. The smallest absolute Gasteiger partial charge is 0.244 e. The van der Waals surface area contributed by atoms with Crippen molar-refractivity contribution in [2.24, 2.45) is 5.73 Å². The van der Waals surface area contributed by atoms with Crippen molar-refractivity contribution in [2.45, 2.75) is 25.6 Å². The number of ether oxygens (including phenoxy) is 1. The molecule has 122 valence electrons. The number of nitrogens with one attached hydrogen (secondary N) is 3. The van der Waals surface area contributed by atoms with Crippen LogP contribution in [-0.2, 0) is 16.1 Å². The lowest BCUT2D eigenvalue weighted by Gasteiger charge is -2.29. The Morgan fingerprint density at radius 2 is 2.22 bits per heavy atom. The topological polar surface area (TPSA) is 118 Å². The van der Waals surface area contributed by atoms with Crippen LogP contribution < -0.4 is 16.4 Å². The maximum atomic E-state index is 12.3. The first kappa shape index (κ1) is 15.6. The summed E-state index contributed by atoms with van der Waals surface area (Å²) in [5, 5.41) is 12.9. The van der Waals surface area contributed by atoms with Gasteiger partial charge in [0.1, 0.15) is 11.9 Å². The summed E-state index contributed by atoms with van der Waals surface area (Å²) in [6.45, 7) is 3.50. The molecule has 1 aromatic heterocycles. The summed E-state index contributed by atoms with van der Waals surface area (Å²) < 4.78 is 5.49. The van der Waals surface area contributed by atoms with E-state index >= 15 is 0 Å². The second kappa shape index (κ2) is 6.86. The molecule has 1 saturated heterocycles. The van der Waals surface area contributed by atoms with E-state index in [2.05, 4.69) is 25.8 Å². The van der Waals surface area contributed by atoms with Crippen LogP contribution >= 0.6 is 0 Å². The molecule has 0 saturated carbocycles. The number of amides is 1. The molecule has 0 aliphatic carbocycles. The van der Waals surface area contributed by atoms with Crippen molar-refractivity contribution in [3.05, 3.63) is 30.1 Å². The molecule has 8 heteroatoms. The quantitative estimate of drug-likeness (QED) is 0.642. The Labute approximate surface area is 133 Å². The largest absolute Gasteiger partial charge is 0.375 e. The number of H-pyrrole nitrogens is 1. The van der Waals surface area contributed by atoms with Crippen molar-refractivity contribution in [3.63, 3.8) is 0 Å². The Hall–Kier alpha value is -2.29. The van der Waals surface area contributed by atoms with Gasteiger partial charge in [-0.15, -0.1) is 0 Å². The number of aromatic nitrogens is 3. The lowest BCUT2D eigenvalue weighted by Crippen LogP contribution is -2.53. The highest BCUT2D eigenvalue weighted by Crippen LogP contribution is 2.18. The summed E-state index contributed by atoms with van der Waals surface area (Å²) >= 11 is 0. The summed E-state index contributed by atoms with van der Waals surface area (Å²) in [7, 11) is 0. The highest BCUT2D eigenvalue weighted by molar-refractivity contribution is 5.95. The van der Waals surface area contributed by atoms with Crippen molar-refractivity contribution < 1.29 is 9.53 Å². The highest BCUT2D eigenvalue weighted by Gasteiger charge is 2.28. The van der Waals surface area contributed by atoms with Gasteiger partial charge in [0.15, 0.2) is 5.82 Å². The fourth-order valence-electron chi connectivity index (χ4n) is 2.47. The minimum Gasteiger partial charge on any atom is -0.375 e. The van der Waals surface area contributed by atoms with Gasteiger partial charge in [-0.3, -0.25) is 9.89 Å². The van der Waals surface area contributed by atoms with Gasteiger partial charge in [-0.25, -0.2) is 4.98 Å². The third-order valence-electron chi connectivity index (χ3n) is 3.73. The molecule has 2 heterocycles. The maximum Gasteiger partial charge on any atom is 0.244 e. The monoisotopic (exact) mass is 316 g/mol. The molecule has 3 rings (SSSR count). The normalized spacial score (nSPS) is 21.1. The Bertz CT molecular complexity index is 669. The van der Waals surface area contributed by atoms with E-state index in [0.29, 0.717) is 37.0 Å². The van der Waals surface area contributed by atoms with Gasteiger partial charge in [-0.05, 0) is 31.2 Å². The van der Waals surface area contributed by atoms with E-state index < -0.39 is 0 Å². The molecule has 0 unspecified atom stereocenters. The van der Waals surface area contributed by atoms with E-state index in [4.69, 9.17) is 10.5 Å². The van der Waals surface area contributed by atoms with E-state index in [1.165, 1.54) is 0 Å². The molecular formula is C15H20N6O2. The third-order valence-corrected chi connectivity index (χ3v) is 3.73. The first-order valence-electron chi connectivity index (χ1n) is 7.55. The zero-order valence-electron chi connectivity index (χ0n) is 12.9. The van der Waals surface area contributed by atoms with E-state index in [1.54, 1.807) is 0 Å². The molecule has 1 amide bonds. The van der Waals surface area contributed by atoms with Crippen molar-refractivity contribution >= 4 is 11.6 Å². The van der Waals surface area contributed by atoms with Crippen molar-refractivity contribution in [3.8, 4) is 11.4 Å². The standard InChI is InChI=1S/C15H20N6O2/c1-9-13(17-6-7-23-9)15(22)18-11-4-2-10(3-5-11)14-19-12(8-16)20-21-14/h2-5,9,13,17H,6-8,16H2,1H3,(H,18,22)(H,19,20,21)/t9-,13+/m1/s1. The Balaban J connectivity index is 1.66. The van der Waals surface area contributed by atoms with Gasteiger partial charge >= 0.3 is 0 Å². The Morgan fingerprint density at radius 1 is 1.43 bits per heavy atom. The van der Waals surface area contributed by atoms with Gasteiger partial charge in [0.25, 0.3) is 0 Å². The van der Waals surface area contributed by atoms with Crippen molar-refractivity contribution in [2.75, 3.05) is 18.5 Å². The van der Waals surface area contributed by atoms with Gasteiger partial charge in [0.2, 0.25) is 5.91 Å². The maximum absolute atomic E-state index is 12.3. The van der Waals surface area contributed by atoms with Gasteiger partial charge in [-0.2, -0.15) is 5.10 Å². The SMILES string of the molecule is C[C@H]1OCCN[C@@H]1C(=O)Nc1ccc(-c2n[nH]c(CN)n2)cc1. The molecular weight excluding hydrogens is 296 g/mol. The molecule has 2 aromatic rings. The number of morpholine rings is 1. The summed E-state index contributed by atoms with van der Waals surface area (Å²) in [4.78, 5) is 16.5. The summed E-state index contributed by atoms with van der Waals surface area (Å²) in [6.07, 6.45) is -0.147. The second-order valence-corrected chi connectivity index (χ2v) is 5.38. The van der Waals surface area contributed by atoms with Gasteiger partial charge in [0, 0.05) is 17.8 Å². The fourth-order valence-corrected chi connectivity index (χ4v) is 2.47. The number of rotatable bonds is 4. The highest BCUT2D eigenvalue weighted by atomic mass is 16.5. The van der Waals surface area contributed by atoms with Crippen molar-refractivity contribution in [1.82, 2.24) is 20.5 Å². The summed E-state index contributed by atoms with van der Waals surface area (Å²) in [5.74, 6) is 1.11. The molecule has 8 nitrogen and oxygen atoms in total. The summed E-state index contributed by atoms with van der Waals surface area (Å²) in [6, 6.07) is 7.00. The number of hydrogen-bond acceptors (Lipinski definition) is 6. The van der Waals surface area contributed by atoms with Crippen LogP contribution in [0.25, 0.3) is 11.4 Å². The van der Waals surface area contributed by atoms with Crippen LogP contribution in [0.2, 0.25) is 0 Å². The first-order chi connectivity index (χ1) is 11.2.